The molecule has 7 heteroatoms. The summed E-state index contributed by atoms with van der Waals surface area (Å²) in [6, 6.07) is 4.07. The van der Waals surface area contributed by atoms with E-state index in [1.807, 2.05) is 0 Å². The molecule has 0 spiro atoms. The zero-order valence-corrected chi connectivity index (χ0v) is 8.11. The summed E-state index contributed by atoms with van der Waals surface area (Å²) < 4.78 is 4.83. The molecule has 0 fully saturated rings. The maximum Gasteiger partial charge on any atom is 0.313 e. The molecule has 1 rings (SSSR count). The number of halogens is 1. The van der Waals surface area contributed by atoms with Crippen molar-refractivity contribution in [1.82, 2.24) is 0 Å². The number of hydrogen-bond acceptors (Lipinski definition) is 5. The summed E-state index contributed by atoms with van der Waals surface area (Å²) in [7, 11) is 1.45. The van der Waals surface area contributed by atoms with E-state index >= 15 is 0 Å². The molecule has 0 amide bonds. The zero-order chi connectivity index (χ0) is 9.84. The minimum absolute atomic E-state index is 0. The summed E-state index contributed by atoms with van der Waals surface area (Å²) in [5.74, 6) is 5.28. The molecule has 6 nitrogen and oxygen atoms in total. The van der Waals surface area contributed by atoms with Crippen LogP contribution >= 0.6 is 12.4 Å². The third-order valence-corrected chi connectivity index (χ3v) is 1.49. The average Bonchev–Trinajstić information content (AvgIpc) is 2.16. The summed E-state index contributed by atoms with van der Waals surface area (Å²) in [5, 5.41) is 10.4. The Hall–Kier alpha value is -1.53. The van der Waals surface area contributed by atoms with Crippen molar-refractivity contribution in [2.24, 2.45) is 5.90 Å². The fraction of sp³-hybridized carbons (Fsp3) is 0.143. The first-order chi connectivity index (χ1) is 6.19. The number of nitro groups is 1. The van der Waals surface area contributed by atoms with E-state index in [9.17, 15) is 10.1 Å². The Balaban J connectivity index is 0.00000169. The molecule has 0 saturated heterocycles. The summed E-state index contributed by atoms with van der Waals surface area (Å²) in [6.07, 6.45) is 0. The minimum Gasteiger partial charge on any atom is -0.497 e. The van der Waals surface area contributed by atoms with Gasteiger partial charge in [0.1, 0.15) is 5.75 Å². The van der Waals surface area contributed by atoms with E-state index in [-0.39, 0.29) is 23.8 Å². The van der Waals surface area contributed by atoms with Crippen LogP contribution in [0, 0.1) is 10.1 Å². The minimum atomic E-state index is -0.582. The first-order valence-electron chi connectivity index (χ1n) is 3.38. The highest BCUT2D eigenvalue weighted by atomic mass is 35.5. The van der Waals surface area contributed by atoms with Crippen molar-refractivity contribution in [2.75, 3.05) is 7.11 Å². The van der Waals surface area contributed by atoms with Crippen molar-refractivity contribution < 1.29 is 14.5 Å². The predicted molar refractivity (Wildman–Crippen MR) is 51.7 cm³/mol. The van der Waals surface area contributed by atoms with E-state index in [2.05, 4.69) is 4.84 Å². The molecule has 0 aliphatic heterocycles. The van der Waals surface area contributed by atoms with Gasteiger partial charge in [0.05, 0.1) is 12.0 Å². The van der Waals surface area contributed by atoms with Gasteiger partial charge in [0, 0.05) is 12.1 Å². The number of hydrogen-bond donors (Lipinski definition) is 1. The number of nitro benzene ring substituents is 1. The van der Waals surface area contributed by atoms with E-state index < -0.39 is 4.92 Å². The van der Waals surface area contributed by atoms with Crippen molar-refractivity contribution in [3.63, 3.8) is 0 Å². The SMILES string of the molecule is COc1ccc([N+](=O)[O-])c(ON)c1.Cl. The fourth-order valence-electron chi connectivity index (χ4n) is 0.867. The van der Waals surface area contributed by atoms with Crippen LogP contribution in [-0.2, 0) is 0 Å². The number of methoxy groups -OCH3 is 1. The number of rotatable bonds is 3. The highest BCUT2D eigenvalue weighted by Crippen LogP contribution is 2.29. The van der Waals surface area contributed by atoms with Crippen LogP contribution in [0.2, 0.25) is 0 Å². The Morgan fingerprint density at radius 3 is 2.57 bits per heavy atom. The molecular weight excluding hydrogens is 212 g/mol. The maximum absolute atomic E-state index is 10.4. The molecule has 0 aliphatic carbocycles. The summed E-state index contributed by atoms with van der Waals surface area (Å²) in [4.78, 5) is 14.2. The van der Waals surface area contributed by atoms with Gasteiger partial charge in [-0.15, -0.1) is 12.4 Å². The fourth-order valence-corrected chi connectivity index (χ4v) is 0.867. The van der Waals surface area contributed by atoms with E-state index in [1.54, 1.807) is 0 Å². The molecule has 2 N–H and O–H groups in total. The lowest BCUT2D eigenvalue weighted by molar-refractivity contribution is -0.385. The van der Waals surface area contributed by atoms with E-state index in [4.69, 9.17) is 10.6 Å². The van der Waals surface area contributed by atoms with Crippen molar-refractivity contribution in [1.29, 1.82) is 0 Å². The normalized spacial score (nSPS) is 8.71. The van der Waals surface area contributed by atoms with Gasteiger partial charge in [-0.05, 0) is 6.07 Å². The van der Waals surface area contributed by atoms with Gasteiger partial charge >= 0.3 is 5.69 Å². The van der Waals surface area contributed by atoms with Crippen molar-refractivity contribution in [2.45, 2.75) is 0 Å². The van der Waals surface area contributed by atoms with Crippen LogP contribution in [0.5, 0.6) is 11.5 Å². The molecule has 0 atom stereocenters. The topological polar surface area (TPSA) is 87.6 Å². The van der Waals surface area contributed by atoms with Crippen LogP contribution in [0.15, 0.2) is 18.2 Å². The van der Waals surface area contributed by atoms with E-state index in [0.717, 1.165) is 0 Å². The monoisotopic (exact) mass is 220 g/mol. The van der Waals surface area contributed by atoms with Gasteiger partial charge in [-0.2, -0.15) is 5.90 Å². The molecule has 0 unspecified atom stereocenters. The highest BCUT2D eigenvalue weighted by Gasteiger charge is 2.15. The van der Waals surface area contributed by atoms with Gasteiger partial charge in [0.2, 0.25) is 5.75 Å². The number of ether oxygens (including phenoxy) is 1. The molecule has 0 bridgehead atoms. The molecule has 1 aromatic rings. The van der Waals surface area contributed by atoms with Crippen LogP contribution in [-0.4, -0.2) is 12.0 Å². The second-order valence-corrected chi connectivity index (χ2v) is 2.21. The van der Waals surface area contributed by atoms with Gasteiger partial charge in [0.25, 0.3) is 0 Å². The van der Waals surface area contributed by atoms with Gasteiger partial charge in [-0.25, -0.2) is 0 Å². The molecule has 0 saturated carbocycles. The molecule has 0 aliphatic rings. The Kier molecular flexibility index (Phi) is 4.68. The lowest BCUT2D eigenvalue weighted by Crippen LogP contribution is -2.04. The van der Waals surface area contributed by atoms with Crippen LogP contribution in [0.25, 0.3) is 0 Å². The third kappa shape index (κ3) is 2.48. The predicted octanol–water partition coefficient (Wildman–Crippen LogP) is 1.28. The highest BCUT2D eigenvalue weighted by molar-refractivity contribution is 5.85. The Morgan fingerprint density at radius 2 is 2.14 bits per heavy atom. The third-order valence-electron chi connectivity index (χ3n) is 1.49. The molecule has 0 heterocycles. The molecular formula is C7H9ClN2O4. The smallest absolute Gasteiger partial charge is 0.313 e. The first kappa shape index (κ1) is 12.5. The number of benzene rings is 1. The second-order valence-electron chi connectivity index (χ2n) is 2.21. The van der Waals surface area contributed by atoms with Crippen molar-refractivity contribution in [3.8, 4) is 11.5 Å². The first-order valence-corrected chi connectivity index (χ1v) is 3.38. The van der Waals surface area contributed by atoms with E-state index in [1.165, 1.54) is 25.3 Å². The largest absolute Gasteiger partial charge is 0.497 e. The number of nitrogens with zero attached hydrogens (tertiary/aromatic N) is 1. The summed E-state index contributed by atoms with van der Waals surface area (Å²) in [5.41, 5.74) is -0.191. The summed E-state index contributed by atoms with van der Waals surface area (Å²) >= 11 is 0. The Bertz CT molecular complexity index is 331. The van der Waals surface area contributed by atoms with Crippen molar-refractivity contribution >= 4 is 18.1 Å². The molecule has 0 radical (unpaired) electrons. The maximum atomic E-state index is 10.4. The van der Waals surface area contributed by atoms with Crippen LogP contribution < -0.4 is 15.5 Å². The quantitative estimate of drug-likeness (QED) is 0.612. The van der Waals surface area contributed by atoms with Gasteiger partial charge in [0.15, 0.2) is 0 Å². The van der Waals surface area contributed by atoms with Crippen LogP contribution in [0.3, 0.4) is 0 Å². The number of nitrogens with two attached hydrogens (primary N) is 1. The van der Waals surface area contributed by atoms with E-state index in [0.29, 0.717) is 5.75 Å². The van der Waals surface area contributed by atoms with Gasteiger partial charge in [-0.1, -0.05) is 0 Å². The Labute approximate surface area is 86.1 Å². The Morgan fingerprint density at radius 1 is 1.50 bits per heavy atom. The lowest BCUT2D eigenvalue weighted by Gasteiger charge is -2.02. The van der Waals surface area contributed by atoms with Crippen molar-refractivity contribution in [3.05, 3.63) is 28.3 Å². The van der Waals surface area contributed by atoms with Gasteiger partial charge in [-0.3, -0.25) is 10.1 Å². The molecule has 14 heavy (non-hydrogen) atoms. The van der Waals surface area contributed by atoms with Gasteiger partial charge < -0.3 is 9.57 Å². The molecule has 1 aromatic carbocycles. The standard InChI is InChI=1S/C7H8N2O4.ClH/c1-12-5-2-3-6(9(10)11)7(4-5)13-8;/h2-4H,8H2,1H3;1H. The second kappa shape index (κ2) is 5.25. The molecule has 78 valence electrons. The zero-order valence-electron chi connectivity index (χ0n) is 7.30. The summed E-state index contributed by atoms with van der Waals surface area (Å²) in [6.45, 7) is 0. The average molecular weight is 221 g/mol. The lowest BCUT2D eigenvalue weighted by atomic mass is 10.3. The molecule has 0 aromatic heterocycles. The van der Waals surface area contributed by atoms with Crippen LogP contribution in [0.4, 0.5) is 5.69 Å². The van der Waals surface area contributed by atoms with Crippen LogP contribution in [0.1, 0.15) is 0 Å².